The molecule has 0 saturated heterocycles. The number of carbonyl (C=O) groups is 1. The zero-order chi connectivity index (χ0) is 12.4. The van der Waals surface area contributed by atoms with Crippen molar-refractivity contribution in [3.63, 3.8) is 0 Å². The second-order valence-corrected chi connectivity index (χ2v) is 4.91. The molecule has 0 aliphatic rings. The first-order valence-electron chi connectivity index (χ1n) is 5.00. The van der Waals surface area contributed by atoms with Crippen molar-refractivity contribution in [3.8, 4) is 0 Å². The standard InChI is InChI=1S/C13H9BrClNO/c1-8-4-5-16-7-10(8)13(17)9-2-3-11(14)12(15)6-9/h2-7H,1H3. The van der Waals surface area contributed by atoms with Crippen molar-refractivity contribution in [3.05, 3.63) is 62.8 Å². The van der Waals surface area contributed by atoms with Crippen LogP contribution < -0.4 is 0 Å². The largest absolute Gasteiger partial charge is 0.289 e. The summed E-state index contributed by atoms with van der Waals surface area (Å²) in [6.45, 7) is 1.88. The smallest absolute Gasteiger partial charge is 0.194 e. The van der Waals surface area contributed by atoms with E-state index in [2.05, 4.69) is 20.9 Å². The Balaban J connectivity index is 2.44. The van der Waals surface area contributed by atoms with Gasteiger partial charge in [-0.3, -0.25) is 9.78 Å². The lowest BCUT2D eigenvalue weighted by molar-refractivity contribution is 0.103. The number of benzene rings is 1. The van der Waals surface area contributed by atoms with Gasteiger partial charge >= 0.3 is 0 Å². The highest BCUT2D eigenvalue weighted by Crippen LogP contribution is 2.24. The molecule has 17 heavy (non-hydrogen) atoms. The fourth-order valence-electron chi connectivity index (χ4n) is 1.49. The van der Waals surface area contributed by atoms with E-state index in [0.717, 1.165) is 10.0 Å². The molecule has 1 heterocycles. The second kappa shape index (κ2) is 4.98. The van der Waals surface area contributed by atoms with Crippen LogP contribution >= 0.6 is 27.5 Å². The van der Waals surface area contributed by atoms with Gasteiger partial charge in [-0.15, -0.1) is 0 Å². The topological polar surface area (TPSA) is 30.0 Å². The Morgan fingerprint density at radius 1 is 1.35 bits per heavy atom. The molecule has 0 saturated carbocycles. The van der Waals surface area contributed by atoms with Crippen molar-refractivity contribution in [2.24, 2.45) is 0 Å². The molecule has 2 nitrogen and oxygen atoms in total. The van der Waals surface area contributed by atoms with Gasteiger partial charge in [-0.2, -0.15) is 0 Å². The Hall–Kier alpha value is -1.19. The van der Waals surface area contributed by atoms with Crippen molar-refractivity contribution in [2.75, 3.05) is 0 Å². The first-order chi connectivity index (χ1) is 8.09. The Morgan fingerprint density at radius 3 is 2.76 bits per heavy atom. The predicted octanol–water partition coefficient (Wildman–Crippen LogP) is 4.04. The van der Waals surface area contributed by atoms with Gasteiger partial charge in [-0.25, -0.2) is 0 Å². The summed E-state index contributed by atoms with van der Waals surface area (Å²) in [6, 6.07) is 6.97. The van der Waals surface area contributed by atoms with Gasteiger partial charge in [0.15, 0.2) is 5.78 Å². The third kappa shape index (κ3) is 2.56. The summed E-state index contributed by atoms with van der Waals surface area (Å²) in [7, 11) is 0. The predicted molar refractivity (Wildman–Crippen MR) is 71.6 cm³/mol. The summed E-state index contributed by atoms with van der Waals surface area (Å²) in [5.41, 5.74) is 2.07. The summed E-state index contributed by atoms with van der Waals surface area (Å²) >= 11 is 9.26. The van der Waals surface area contributed by atoms with E-state index in [4.69, 9.17) is 11.6 Å². The van der Waals surface area contributed by atoms with Crippen LogP contribution in [0.2, 0.25) is 5.02 Å². The highest BCUT2D eigenvalue weighted by atomic mass is 79.9. The number of rotatable bonds is 2. The van der Waals surface area contributed by atoms with E-state index in [0.29, 0.717) is 16.1 Å². The lowest BCUT2D eigenvalue weighted by atomic mass is 10.0. The minimum Gasteiger partial charge on any atom is -0.289 e. The van der Waals surface area contributed by atoms with E-state index < -0.39 is 0 Å². The fraction of sp³-hybridized carbons (Fsp3) is 0.0769. The van der Waals surface area contributed by atoms with Crippen LogP contribution in [0.4, 0.5) is 0 Å². The van der Waals surface area contributed by atoms with Gasteiger partial charge in [0.2, 0.25) is 0 Å². The molecule has 2 aromatic rings. The normalized spacial score (nSPS) is 10.3. The van der Waals surface area contributed by atoms with E-state index >= 15 is 0 Å². The van der Waals surface area contributed by atoms with E-state index in [9.17, 15) is 4.79 Å². The average molecular weight is 311 g/mol. The molecule has 1 aromatic heterocycles. The summed E-state index contributed by atoms with van der Waals surface area (Å²) < 4.78 is 0.777. The molecular weight excluding hydrogens is 302 g/mol. The molecule has 0 spiro atoms. The number of hydrogen-bond donors (Lipinski definition) is 0. The molecule has 0 fully saturated rings. The van der Waals surface area contributed by atoms with Crippen LogP contribution in [0.1, 0.15) is 21.5 Å². The monoisotopic (exact) mass is 309 g/mol. The molecule has 2 rings (SSSR count). The molecular formula is C13H9BrClNO. The number of pyridine rings is 1. The molecule has 0 amide bonds. The third-order valence-corrected chi connectivity index (χ3v) is 3.70. The molecule has 0 bridgehead atoms. The molecule has 86 valence electrons. The van der Waals surface area contributed by atoms with Gasteiger partial charge in [-0.1, -0.05) is 11.6 Å². The van der Waals surface area contributed by atoms with Crippen LogP contribution in [0, 0.1) is 6.92 Å². The quantitative estimate of drug-likeness (QED) is 0.784. The molecule has 0 radical (unpaired) electrons. The molecule has 0 aliphatic heterocycles. The van der Waals surface area contributed by atoms with Gasteiger partial charge in [-0.05, 0) is 52.7 Å². The highest BCUT2D eigenvalue weighted by Gasteiger charge is 2.12. The van der Waals surface area contributed by atoms with Crippen molar-refractivity contribution in [1.29, 1.82) is 0 Å². The molecule has 0 aliphatic carbocycles. The van der Waals surface area contributed by atoms with Crippen LogP contribution in [-0.4, -0.2) is 10.8 Å². The average Bonchev–Trinajstić information content (AvgIpc) is 2.32. The zero-order valence-electron chi connectivity index (χ0n) is 9.08. The van der Waals surface area contributed by atoms with Crippen molar-refractivity contribution >= 4 is 33.3 Å². The maximum absolute atomic E-state index is 12.2. The number of nitrogens with zero attached hydrogens (tertiary/aromatic N) is 1. The van der Waals surface area contributed by atoms with Crippen molar-refractivity contribution in [2.45, 2.75) is 6.92 Å². The summed E-state index contributed by atoms with van der Waals surface area (Å²) in [6.07, 6.45) is 3.24. The first kappa shape index (κ1) is 12.3. The van der Waals surface area contributed by atoms with Crippen LogP contribution in [0.25, 0.3) is 0 Å². The summed E-state index contributed by atoms with van der Waals surface area (Å²) in [5.74, 6) is -0.0648. The lowest BCUT2D eigenvalue weighted by Gasteiger charge is -2.05. The molecule has 0 unspecified atom stereocenters. The van der Waals surface area contributed by atoms with Crippen LogP contribution in [0.3, 0.4) is 0 Å². The van der Waals surface area contributed by atoms with E-state index in [1.54, 1.807) is 30.6 Å². The maximum Gasteiger partial charge on any atom is 0.194 e. The number of halogens is 2. The Bertz CT molecular complexity index is 583. The Kier molecular flexibility index (Phi) is 3.60. The van der Waals surface area contributed by atoms with Crippen LogP contribution in [0.5, 0.6) is 0 Å². The first-order valence-corrected chi connectivity index (χ1v) is 6.17. The van der Waals surface area contributed by atoms with Crippen LogP contribution in [0.15, 0.2) is 41.1 Å². The van der Waals surface area contributed by atoms with Gasteiger partial charge in [0, 0.05) is 28.0 Å². The Labute approximate surface area is 113 Å². The minimum absolute atomic E-state index is 0.0648. The van der Waals surface area contributed by atoms with Crippen LogP contribution in [-0.2, 0) is 0 Å². The summed E-state index contributed by atoms with van der Waals surface area (Å²) in [4.78, 5) is 16.2. The number of ketones is 1. The van der Waals surface area contributed by atoms with Gasteiger partial charge in [0.05, 0.1) is 5.02 Å². The van der Waals surface area contributed by atoms with E-state index in [1.165, 1.54) is 0 Å². The lowest BCUT2D eigenvalue weighted by Crippen LogP contribution is -2.04. The van der Waals surface area contributed by atoms with Gasteiger partial charge in [0.25, 0.3) is 0 Å². The molecule has 1 aromatic carbocycles. The minimum atomic E-state index is -0.0648. The molecule has 0 N–H and O–H groups in total. The van der Waals surface area contributed by atoms with Gasteiger partial charge in [0.1, 0.15) is 0 Å². The van der Waals surface area contributed by atoms with Gasteiger partial charge < -0.3 is 0 Å². The van der Waals surface area contributed by atoms with Crippen molar-refractivity contribution in [1.82, 2.24) is 4.98 Å². The molecule has 0 atom stereocenters. The maximum atomic E-state index is 12.2. The number of hydrogen-bond acceptors (Lipinski definition) is 2. The second-order valence-electron chi connectivity index (χ2n) is 3.65. The summed E-state index contributed by atoms with van der Waals surface area (Å²) in [5, 5.41) is 0.525. The number of carbonyl (C=O) groups excluding carboxylic acids is 1. The third-order valence-electron chi connectivity index (χ3n) is 2.47. The zero-order valence-corrected chi connectivity index (χ0v) is 11.4. The number of aromatic nitrogens is 1. The highest BCUT2D eigenvalue weighted by molar-refractivity contribution is 9.10. The Morgan fingerprint density at radius 2 is 2.12 bits per heavy atom. The molecule has 4 heteroatoms. The van der Waals surface area contributed by atoms with E-state index in [1.807, 2.05) is 13.0 Å². The van der Waals surface area contributed by atoms with Crippen molar-refractivity contribution < 1.29 is 4.79 Å². The fourth-order valence-corrected chi connectivity index (χ4v) is 1.92. The SMILES string of the molecule is Cc1ccncc1C(=O)c1ccc(Br)c(Cl)c1. The van der Waals surface area contributed by atoms with E-state index in [-0.39, 0.29) is 5.78 Å². The number of aryl methyl sites for hydroxylation is 1.